The van der Waals surface area contributed by atoms with Crippen molar-refractivity contribution in [1.82, 2.24) is 15.5 Å². The fourth-order valence-corrected chi connectivity index (χ4v) is 3.36. The number of hydrogen-bond donors (Lipinski definition) is 2. The van der Waals surface area contributed by atoms with E-state index in [9.17, 15) is 0 Å². The van der Waals surface area contributed by atoms with Crippen molar-refractivity contribution in [1.29, 1.82) is 0 Å². The Bertz CT molecular complexity index is 507. The topological polar surface area (TPSA) is 39.7 Å². The van der Waals surface area contributed by atoms with E-state index in [4.69, 9.17) is 4.99 Å². The van der Waals surface area contributed by atoms with Gasteiger partial charge in [0.25, 0.3) is 0 Å². The van der Waals surface area contributed by atoms with Crippen molar-refractivity contribution in [2.24, 2.45) is 10.9 Å². The van der Waals surface area contributed by atoms with Gasteiger partial charge in [0, 0.05) is 12.6 Å². The lowest BCUT2D eigenvalue weighted by Gasteiger charge is -2.27. The molecule has 4 nitrogen and oxygen atoms in total. The summed E-state index contributed by atoms with van der Waals surface area (Å²) in [6, 6.07) is 11.8. The van der Waals surface area contributed by atoms with Gasteiger partial charge in [0.05, 0.1) is 12.6 Å². The van der Waals surface area contributed by atoms with E-state index >= 15 is 0 Å². The predicted octanol–water partition coefficient (Wildman–Crippen LogP) is 2.79. The SMILES string of the molecule is CCNC(=NCC(c1ccccc1)N1CCCC1)NC1CC1C. The molecule has 3 rings (SSSR count). The zero-order valence-electron chi connectivity index (χ0n) is 14.5. The Morgan fingerprint density at radius 3 is 2.57 bits per heavy atom. The van der Waals surface area contributed by atoms with Crippen LogP contribution in [0.4, 0.5) is 0 Å². The molecule has 3 unspecified atom stereocenters. The summed E-state index contributed by atoms with van der Waals surface area (Å²) in [7, 11) is 0. The molecule has 4 heteroatoms. The minimum Gasteiger partial charge on any atom is -0.357 e. The van der Waals surface area contributed by atoms with Gasteiger partial charge in [-0.1, -0.05) is 37.3 Å². The Morgan fingerprint density at radius 2 is 1.96 bits per heavy atom. The first-order valence-electron chi connectivity index (χ1n) is 9.11. The summed E-state index contributed by atoms with van der Waals surface area (Å²) in [5, 5.41) is 6.95. The molecule has 0 amide bonds. The van der Waals surface area contributed by atoms with Crippen molar-refractivity contribution < 1.29 is 0 Å². The second-order valence-corrected chi connectivity index (χ2v) is 6.85. The molecular formula is C19H30N4. The summed E-state index contributed by atoms with van der Waals surface area (Å²) in [6.07, 6.45) is 3.88. The molecule has 1 saturated heterocycles. The predicted molar refractivity (Wildman–Crippen MR) is 96.7 cm³/mol. The average molecular weight is 314 g/mol. The molecule has 2 N–H and O–H groups in total. The van der Waals surface area contributed by atoms with Crippen LogP contribution in [0.2, 0.25) is 0 Å². The lowest BCUT2D eigenvalue weighted by Crippen LogP contribution is -2.40. The molecular weight excluding hydrogens is 284 g/mol. The van der Waals surface area contributed by atoms with Gasteiger partial charge in [-0.25, -0.2) is 0 Å². The minimum absolute atomic E-state index is 0.394. The van der Waals surface area contributed by atoms with Crippen LogP contribution in [0.3, 0.4) is 0 Å². The Kier molecular flexibility index (Phi) is 5.55. The van der Waals surface area contributed by atoms with E-state index in [0.29, 0.717) is 12.1 Å². The number of nitrogens with one attached hydrogen (secondary N) is 2. The first-order valence-corrected chi connectivity index (χ1v) is 9.11. The van der Waals surface area contributed by atoms with Crippen LogP contribution in [0, 0.1) is 5.92 Å². The van der Waals surface area contributed by atoms with Crippen LogP contribution >= 0.6 is 0 Å². The van der Waals surface area contributed by atoms with E-state index in [1.807, 2.05) is 0 Å². The van der Waals surface area contributed by atoms with Gasteiger partial charge >= 0.3 is 0 Å². The minimum atomic E-state index is 0.394. The fraction of sp³-hybridized carbons (Fsp3) is 0.632. The average Bonchev–Trinajstić information content (AvgIpc) is 3.03. The lowest BCUT2D eigenvalue weighted by atomic mass is 10.1. The molecule has 126 valence electrons. The second kappa shape index (κ2) is 7.82. The number of hydrogen-bond acceptors (Lipinski definition) is 2. The van der Waals surface area contributed by atoms with E-state index in [1.54, 1.807) is 0 Å². The first-order chi connectivity index (χ1) is 11.3. The van der Waals surface area contributed by atoms with Crippen LogP contribution in [0.15, 0.2) is 35.3 Å². The van der Waals surface area contributed by atoms with Crippen molar-refractivity contribution >= 4 is 5.96 Å². The maximum atomic E-state index is 4.90. The molecule has 2 aliphatic rings. The molecule has 0 spiro atoms. The van der Waals surface area contributed by atoms with Gasteiger partial charge in [0.2, 0.25) is 0 Å². The number of likely N-dealkylation sites (tertiary alicyclic amines) is 1. The third-order valence-electron chi connectivity index (χ3n) is 4.96. The van der Waals surface area contributed by atoms with E-state index in [-0.39, 0.29) is 0 Å². The van der Waals surface area contributed by atoms with Crippen LogP contribution < -0.4 is 10.6 Å². The van der Waals surface area contributed by atoms with Crippen molar-refractivity contribution in [3.63, 3.8) is 0 Å². The summed E-state index contributed by atoms with van der Waals surface area (Å²) in [6.45, 7) is 8.53. The number of aliphatic imine (C=N–C) groups is 1. The van der Waals surface area contributed by atoms with E-state index < -0.39 is 0 Å². The van der Waals surface area contributed by atoms with Crippen LogP contribution in [0.1, 0.15) is 44.7 Å². The summed E-state index contributed by atoms with van der Waals surface area (Å²) in [5.41, 5.74) is 1.38. The fourth-order valence-electron chi connectivity index (χ4n) is 3.36. The highest BCUT2D eigenvalue weighted by atomic mass is 15.2. The Hall–Kier alpha value is -1.55. The second-order valence-electron chi connectivity index (χ2n) is 6.85. The van der Waals surface area contributed by atoms with Crippen LogP contribution in [-0.4, -0.2) is 43.1 Å². The molecule has 3 atom stereocenters. The number of benzene rings is 1. The molecule has 0 radical (unpaired) electrons. The lowest BCUT2D eigenvalue weighted by molar-refractivity contribution is 0.251. The Morgan fingerprint density at radius 1 is 1.26 bits per heavy atom. The molecule has 1 heterocycles. The summed E-state index contributed by atoms with van der Waals surface area (Å²) < 4.78 is 0. The molecule has 1 aliphatic carbocycles. The molecule has 1 aromatic carbocycles. The Balaban J connectivity index is 1.69. The summed E-state index contributed by atoms with van der Waals surface area (Å²) in [4.78, 5) is 7.49. The number of guanidine groups is 1. The number of nitrogens with zero attached hydrogens (tertiary/aromatic N) is 2. The third-order valence-corrected chi connectivity index (χ3v) is 4.96. The van der Waals surface area contributed by atoms with Crippen molar-refractivity contribution in [2.75, 3.05) is 26.2 Å². The van der Waals surface area contributed by atoms with Crippen molar-refractivity contribution in [3.05, 3.63) is 35.9 Å². The normalized spacial score (nSPS) is 26.1. The molecule has 23 heavy (non-hydrogen) atoms. The van der Waals surface area contributed by atoms with Crippen molar-refractivity contribution in [2.45, 2.75) is 45.2 Å². The smallest absolute Gasteiger partial charge is 0.191 e. The molecule has 1 aliphatic heterocycles. The van der Waals surface area contributed by atoms with Crippen molar-refractivity contribution in [3.8, 4) is 0 Å². The van der Waals surface area contributed by atoms with Gasteiger partial charge in [-0.2, -0.15) is 0 Å². The van der Waals surface area contributed by atoms with Crippen LogP contribution in [-0.2, 0) is 0 Å². The highest BCUT2D eigenvalue weighted by Gasteiger charge is 2.33. The van der Waals surface area contributed by atoms with Gasteiger partial charge in [-0.15, -0.1) is 0 Å². The van der Waals surface area contributed by atoms with Gasteiger partial charge in [-0.3, -0.25) is 9.89 Å². The van der Waals surface area contributed by atoms with Gasteiger partial charge in [0.1, 0.15) is 0 Å². The van der Waals surface area contributed by atoms with E-state index in [1.165, 1.54) is 37.9 Å². The van der Waals surface area contributed by atoms with Gasteiger partial charge in [0.15, 0.2) is 5.96 Å². The Labute approximate surface area is 140 Å². The molecule has 0 bridgehead atoms. The monoisotopic (exact) mass is 314 g/mol. The standard InChI is InChI=1S/C19H30N4/c1-3-20-19(22-17-13-15(17)2)21-14-18(23-11-7-8-12-23)16-9-5-4-6-10-16/h4-6,9-10,15,17-18H,3,7-8,11-14H2,1-2H3,(H2,20,21,22). The molecule has 1 aromatic rings. The summed E-state index contributed by atoms with van der Waals surface area (Å²) >= 11 is 0. The quantitative estimate of drug-likeness (QED) is 0.626. The maximum Gasteiger partial charge on any atom is 0.191 e. The zero-order valence-corrected chi connectivity index (χ0v) is 14.5. The van der Waals surface area contributed by atoms with Gasteiger partial charge < -0.3 is 10.6 Å². The number of rotatable bonds is 6. The third kappa shape index (κ3) is 4.47. The summed E-state index contributed by atoms with van der Waals surface area (Å²) in [5.74, 6) is 1.75. The molecule has 1 saturated carbocycles. The highest BCUT2D eigenvalue weighted by molar-refractivity contribution is 5.80. The maximum absolute atomic E-state index is 4.90. The van der Waals surface area contributed by atoms with E-state index in [2.05, 4.69) is 59.7 Å². The van der Waals surface area contributed by atoms with Gasteiger partial charge in [-0.05, 0) is 50.8 Å². The van der Waals surface area contributed by atoms with Crippen LogP contribution in [0.25, 0.3) is 0 Å². The van der Waals surface area contributed by atoms with Crippen LogP contribution in [0.5, 0.6) is 0 Å². The highest BCUT2D eigenvalue weighted by Crippen LogP contribution is 2.29. The zero-order chi connectivity index (χ0) is 16.1. The van der Waals surface area contributed by atoms with E-state index in [0.717, 1.165) is 25.0 Å². The largest absolute Gasteiger partial charge is 0.357 e. The first kappa shape index (κ1) is 16.3. The molecule has 0 aromatic heterocycles. The molecule has 2 fully saturated rings.